The molecule has 0 amide bonds. The van der Waals surface area contributed by atoms with Gasteiger partial charge in [0.15, 0.2) is 17.5 Å². The molecule has 6 heteroatoms. The molecule has 1 aliphatic rings. The Hall–Kier alpha value is -3.59. The quantitative estimate of drug-likeness (QED) is 0.0932. The predicted molar refractivity (Wildman–Crippen MR) is 127 cm³/mol. The van der Waals surface area contributed by atoms with Crippen LogP contribution < -0.4 is 4.74 Å². The summed E-state index contributed by atoms with van der Waals surface area (Å²) in [6.45, 7) is 3.77. The summed E-state index contributed by atoms with van der Waals surface area (Å²) >= 11 is 0. The molecule has 4 rings (SSSR count). The Balaban J connectivity index is 1.42. The molecule has 0 aromatic heterocycles. The zero-order valence-electron chi connectivity index (χ0n) is 19.1. The first kappa shape index (κ1) is 24.5. The fraction of sp³-hybridized carbons (Fsp3) is 0.276. The van der Waals surface area contributed by atoms with Gasteiger partial charge in [-0.15, -0.1) is 6.58 Å². The normalized spacial score (nSPS) is 17.5. The van der Waals surface area contributed by atoms with Gasteiger partial charge in [0.2, 0.25) is 0 Å². The first-order valence-corrected chi connectivity index (χ1v) is 11.6. The van der Waals surface area contributed by atoms with Gasteiger partial charge in [-0.1, -0.05) is 17.9 Å². The van der Waals surface area contributed by atoms with E-state index in [2.05, 4.69) is 18.4 Å². The van der Waals surface area contributed by atoms with Crippen molar-refractivity contribution >= 4 is 16.7 Å². The van der Waals surface area contributed by atoms with Crippen LogP contribution >= 0.6 is 0 Å². The monoisotopic (exact) mass is 480 g/mol. The molecular weight excluding hydrogens is 456 g/mol. The fourth-order valence-corrected chi connectivity index (χ4v) is 4.40. The third-order valence-electron chi connectivity index (χ3n) is 6.39. The topological polar surface area (TPSA) is 26.3 Å². The Morgan fingerprint density at radius 1 is 0.971 bits per heavy atom. The van der Waals surface area contributed by atoms with E-state index in [4.69, 9.17) is 4.74 Å². The second kappa shape index (κ2) is 10.8. The van der Waals surface area contributed by atoms with Crippen molar-refractivity contribution in [1.82, 2.24) is 0 Å². The standard InChI is InChI=1S/C29H24F4O2/c1-2-3-4-18-5-7-19(8-6-18)9-10-20-11-13-24(25(30)15-20)29(34)35-22-12-14-23-21(16-22)17-26(31)28(33)27(23)32/h2,11-19H,1,3-8H2. The van der Waals surface area contributed by atoms with E-state index in [1.54, 1.807) is 6.07 Å². The maximum absolute atomic E-state index is 14.6. The van der Waals surface area contributed by atoms with Crippen LogP contribution in [0.4, 0.5) is 17.6 Å². The van der Waals surface area contributed by atoms with Gasteiger partial charge in [-0.3, -0.25) is 0 Å². The lowest BCUT2D eigenvalue weighted by Crippen LogP contribution is -2.13. The second-order valence-corrected chi connectivity index (χ2v) is 8.81. The molecule has 0 N–H and O–H groups in total. The van der Waals surface area contributed by atoms with E-state index < -0.39 is 29.2 Å². The van der Waals surface area contributed by atoms with Crippen LogP contribution in [0.25, 0.3) is 10.8 Å². The molecule has 0 unspecified atom stereocenters. The molecule has 3 aromatic rings. The van der Waals surface area contributed by atoms with Crippen molar-refractivity contribution in [3.63, 3.8) is 0 Å². The van der Waals surface area contributed by atoms with Crippen molar-refractivity contribution in [2.45, 2.75) is 38.5 Å². The van der Waals surface area contributed by atoms with Crippen molar-refractivity contribution < 1.29 is 27.1 Å². The van der Waals surface area contributed by atoms with Gasteiger partial charge in [-0.05, 0) is 92.3 Å². The average molecular weight is 481 g/mol. The summed E-state index contributed by atoms with van der Waals surface area (Å²) in [5.41, 5.74) is 0.168. The molecule has 1 fully saturated rings. The molecule has 0 aliphatic heterocycles. The van der Waals surface area contributed by atoms with Crippen molar-refractivity contribution in [1.29, 1.82) is 0 Å². The molecule has 180 valence electrons. The highest BCUT2D eigenvalue weighted by Crippen LogP contribution is 2.31. The van der Waals surface area contributed by atoms with Crippen LogP contribution in [0.5, 0.6) is 5.75 Å². The van der Waals surface area contributed by atoms with Gasteiger partial charge >= 0.3 is 5.97 Å². The zero-order chi connectivity index (χ0) is 24.9. The lowest BCUT2D eigenvalue weighted by Gasteiger charge is -2.25. The van der Waals surface area contributed by atoms with E-state index in [0.717, 1.165) is 56.6 Å². The highest BCUT2D eigenvalue weighted by atomic mass is 19.2. The van der Waals surface area contributed by atoms with Crippen LogP contribution in [-0.4, -0.2) is 5.97 Å². The van der Waals surface area contributed by atoms with E-state index in [1.807, 2.05) is 6.08 Å². The highest BCUT2D eigenvalue weighted by Gasteiger charge is 2.20. The Morgan fingerprint density at radius 2 is 1.74 bits per heavy atom. The van der Waals surface area contributed by atoms with Crippen molar-refractivity contribution in [2.24, 2.45) is 11.8 Å². The molecule has 0 atom stereocenters. The number of fused-ring (bicyclic) bond motifs is 1. The maximum atomic E-state index is 14.6. The number of halogens is 4. The first-order valence-electron chi connectivity index (χ1n) is 11.6. The van der Waals surface area contributed by atoms with E-state index in [9.17, 15) is 22.4 Å². The van der Waals surface area contributed by atoms with Crippen LogP contribution in [0.1, 0.15) is 54.4 Å². The minimum atomic E-state index is -1.58. The fourth-order valence-electron chi connectivity index (χ4n) is 4.40. The molecule has 1 aliphatic carbocycles. The van der Waals surface area contributed by atoms with E-state index >= 15 is 0 Å². The third kappa shape index (κ3) is 5.74. The Bertz CT molecular complexity index is 1330. The van der Waals surface area contributed by atoms with Crippen molar-refractivity contribution in [3.05, 3.63) is 89.5 Å². The summed E-state index contributed by atoms with van der Waals surface area (Å²) in [7, 11) is 0. The Labute approximate surface area is 201 Å². The second-order valence-electron chi connectivity index (χ2n) is 8.81. The van der Waals surface area contributed by atoms with E-state index in [0.29, 0.717) is 5.56 Å². The van der Waals surface area contributed by atoms with Crippen LogP contribution in [-0.2, 0) is 0 Å². The number of benzene rings is 3. The SMILES string of the molecule is C=CCCC1CCC(C#Cc2ccc(C(=O)Oc3ccc4c(F)c(F)c(F)cc4c3)c(F)c2)CC1. The molecule has 3 aromatic carbocycles. The summed E-state index contributed by atoms with van der Waals surface area (Å²) < 4.78 is 60.6. The molecule has 0 radical (unpaired) electrons. The van der Waals surface area contributed by atoms with Gasteiger partial charge < -0.3 is 4.74 Å². The largest absolute Gasteiger partial charge is 0.423 e. The van der Waals surface area contributed by atoms with Gasteiger partial charge in [0.1, 0.15) is 11.6 Å². The van der Waals surface area contributed by atoms with E-state index in [-0.39, 0.29) is 28.0 Å². The molecule has 35 heavy (non-hydrogen) atoms. The minimum Gasteiger partial charge on any atom is -0.423 e. The average Bonchev–Trinajstić information content (AvgIpc) is 2.85. The number of esters is 1. The molecule has 0 heterocycles. The van der Waals surface area contributed by atoms with Gasteiger partial charge in [0.25, 0.3) is 0 Å². The lowest BCUT2D eigenvalue weighted by atomic mass is 9.80. The van der Waals surface area contributed by atoms with Gasteiger partial charge in [-0.25, -0.2) is 22.4 Å². The highest BCUT2D eigenvalue weighted by molar-refractivity contribution is 5.92. The van der Waals surface area contributed by atoms with Gasteiger partial charge in [0, 0.05) is 16.9 Å². The molecule has 0 saturated heterocycles. The lowest BCUT2D eigenvalue weighted by molar-refractivity contribution is 0.0730. The van der Waals surface area contributed by atoms with Gasteiger partial charge in [-0.2, -0.15) is 0 Å². The molecule has 2 nitrogen and oxygen atoms in total. The maximum Gasteiger partial charge on any atom is 0.346 e. The predicted octanol–water partition coefficient (Wildman–Crippen LogP) is 7.74. The Kier molecular flexibility index (Phi) is 7.55. The summed E-state index contributed by atoms with van der Waals surface area (Å²) in [6, 6.07) is 8.41. The van der Waals surface area contributed by atoms with E-state index in [1.165, 1.54) is 24.3 Å². The van der Waals surface area contributed by atoms with Crippen molar-refractivity contribution in [3.8, 4) is 17.6 Å². The number of carbonyl (C=O) groups is 1. The minimum absolute atomic E-state index is 0.00697. The van der Waals surface area contributed by atoms with Gasteiger partial charge in [0.05, 0.1) is 5.56 Å². The smallest absolute Gasteiger partial charge is 0.346 e. The number of hydrogen-bond acceptors (Lipinski definition) is 2. The molecular formula is C29H24F4O2. The third-order valence-corrected chi connectivity index (χ3v) is 6.39. The van der Waals surface area contributed by atoms with Crippen LogP contribution in [0.2, 0.25) is 0 Å². The zero-order valence-corrected chi connectivity index (χ0v) is 19.1. The number of hydrogen-bond donors (Lipinski definition) is 0. The van der Waals surface area contributed by atoms with Crippen LogP contribution in [0, 0.1) is 46.9 Å². The summed E-state index contributed by atoms with van der Waals surface area (Å²) in [5, 5.41) is -0.157. The number of allylic oxidation sites excluding steroid dienone is 1. The summed E-state index contributed by atoms with van der Waals surface area (Å²) in [4.78, 5) is 12.5. The molecule has 0 spiro atoms. The first-order chi connectivity index (χ1) is 16.9. The summed E-state index contributed by atoms with van der Waals surface area (Å²) in [5.74, 6) is 1.14. The number of carbonyl (C=O) groups excluding carboxylic acids is 1. The van der Waals surface area contributed by atoms with Crippen molar-refractivity contribution in [2.75, 3.05) is 0 Å². The molecule has 1 saturated carbocycles. The van der Waals surface area contributed by atoms with Crippen LogP contribution in [0.3, 0.4) is 0 Å². The molecule has 0 bridgehead atoms. The number of ether oxygens (including phenoxy) is 1. The number of rotatable bonds is 5. The van der Waals surface area contributed by atoms with Crippen LogP contribution in [0.15, 0.2) is 55.1 Å². The summed E-state index contributed by atoms with van der Waals surface area (Å²) in [6.07, 6.45) is 8.46. The Morgan fingerprint density at radius 3 is 2.46 bits per heavy atom.